The number of phenols is 1. The van der Waals surface area contributed by atoms with Crippen LogP contribution in [0.5, 0.6) is 5.75 Å². The van der Waals surface area contributed by atoms with Crippen LogP contribution in [0.25, 0.3) is 0 Å². The number of hydrogen-bond donors (Lipinski definition) is 2. The lowest BCUT2D eigenvalue weighted by molar-refractivity contribution is -0.122. The van der Waals surface area contributed by atoms with Crippen LogP contribution in [0.1, 0.15) is 23.5 Å². The largest absolute Gasteiger partial charge is 0.508 e. The summed E-state index contributed by atoms with van der Waals surface area (Å²) in [4.78, 5) is 14.6. The van der Waals surface area contributed by atoms with E-state index in [2.05, 4.69) is 22.3 Å². The summed E-state index contributed by atoms with van der Waals surface area (Å²) >= 11 is 0. The molecule has 4 nitrogen and oxygen atoms in total. The molecule has 1 unspecified atom stereocenters. The van der Waals surface area contributed by atoms with Crippen molar-refractivity contribution in [3.05, 3.63) is 65.7 Å². The maximum atomic E-state index is 12.5. The number of nitrogens with one attached hydrogen (secondary N) is 1. The standard InChI is InChI=1S/C21H26N2O2/c1-23(2)17(12-15-8-10-18(24)11-9-15)14-22-21(25)20-13-19(20)16-6-4-3-5-7-16/h3-11,17,19-20,24H,12-14H2,1-2H3,(H,22,25)/t17-,19?,20-/m0/s1. The van der Waals surface area contributed by atoms with Gasteiger partial charge in [0.15, 0.2) is 0 Å². The summed E-state index contributed by atoms with van der Waals surface area (Å²) in [5.74, 6) is 0.917. The highest BCUT2D eigenvalue weighted by Gasteiger charge is 2.43. The Morgan fingerprint density at radius 2 is 1.84 bits per heavy atom. The Labute approximate surface area is 149 Å². The van der Waals surface area contributed by atoms with Gasteiger partial charge < -0.3 is 15.3 Å². The van der Waals surface area contributed by atoms with Crippen molar-refractivity contribution in [1.82, 2.24) is 10.2 Å². The van der Waals surface area contributed by atoms with Gasteiger partial charge in [0.1, 0.15) is 5.75 Å². The SMILES string of the molecule is CN(C)[C@H](CNC(=O)[C@H]1CC1c1ccccc1)Cc1ccc(O)cc1. The molecule has 1 fully saturated rings. The highest BCUT2D eigenvalue weighted by molar-refractivity contribution is 5.82. The van der Waals surface area contributed by atoms with Crippen molar-refractivity contribution >= 4 is 5.91 Å². The molecule has 0 spiro atoms. The molecule has 132 valence electrons. The van der Waals surface area contributed by atoms with E-state index in [0.717, 1.165) is 18.4 Å². The third-order valence-electron chi connectivity index (χ3n) is 5.00. The van der Waals surface area contributed by atoms with Gasteiger partial charge >= 0.3 is 0 Å². The second kappa shape index (κ2) is 7.70. The number of phenolic OH excluding ortho intramolecular Hbond substituents is 1. The quantitative estimate of drug-likeness (QED) is 0.816. The predicted molar refractivity (Wildman–Crippen MR) is 99.6 cm³/mol. The van der Waals surface area contributed by atoms with Crippen LogP contribution in [-0.2, 0) is 11.2 Å². The fourth-order valence-corrected chi connectivity index (χ4v) is 3.24. The van der Waals surface area contributed by atoms with Crippen molar-refractivity contribution in [2.75, 3.05) is 20.6 Å². The number of nitrogens with zero attached hydrogens (tertiary/aromatic N) is 1. The zero-order chi connectivity index (χ0) is 17.8. The predicted octanol–water partition coefficient (Wildman–Crippen LogP) is 2.78. The second-order valence-electron chi connectivity index (χ2n) is 7.09. The zero-order valence-corrected chi connectivity index (χ0v) is 14.9. The van der Waals surface area contributed by atoms with Gasteiger partial charge in [-0.25, -0.2) is 0 Å². The number of rotatable bonds is 7. The normalized spacial score (nSPS) is 20.3. The number of carbonyl (C=O) groups is 1. The van der Waals surface area contributed by atoms with Gasteiger partial charge in [0.05, 0.1) is 0 Å². The molecule has 3 rings (SSSR count). The van der Waals surface area contributed by atoms with E-state index in [0.29, 0.717) is 12.5 Å². The molecular formula is C21H26N2O2. The summed E-state index contributed by atoms with van der Waals surface area (Å²) in [5.41, 5.74) is 2.41. The molecule has 0 saturated heterocycles. The molecule has 1 aliphatic rings. The number of hydrogen-bond acceptors (Lipinski definition) is 3. The minimum atomic E-state index is 0.110. The maximum absolute atomic E-state index is 12.5. The average Bonchev–Trinajstić information content (AvgIpc) is 3.41. The van der Waals surface area contributed by atoms with Gasteiger partial charge in [0.25, 0.3) is 0 Å². The first kappa shape index (κ1) is 17.5. The number of aromatic hydroxyl groups is 1. The van der Waals surface area contributed by atoms with E-state index in [1.165, 1.54) is 5.56 Å². The van der Waals surface area contributed by atoms with E-state index in [9.17, 15) is 9.90 Å². The van der Waals surface area contributed by atoms with Crippen LogP contribution in [0, 0.1) is 5.92 Å². The van der Waals surface area contributed by atoms with Crippen molar-refractivity contribution in [2.45, 2.75) is 24.8 Å². The molecule has 0 bridgehead atoms. The highest BCUT2D eigenvalue weighted by atomic mass is 16.3. The average molecular weight is 338 g/mol. The smallest absolute Gasteiger partial charge is 0.223 e. The van der Waals surface area contributed by atoms with Crippen molar-refractivity contribution < 1.29 is 9.90 Å². The monoisotopic (exact) mass is 338 g/mol. The van der Waals surface area contributed by atoms with Crippen molar-refractivity contribution in [3.63, 3.8) is 0 Å². The fourth-order valence-electron chi connectivity index (χ4n) is 3.24. The summed E-state index contributed by atoms with van der Waals surface area (Å²) in [5, 5.41) is 12.5. The molecule has 0 heterocycles. The zero-order valence-electron chi connectivity index (χ0n) is 14.9. The van der Waals surface area contributed by atoms with Gasteiger partial charge in [0, 0.05) is 18.5 Å². The van der Waals surface area contributed by atoms with Crippen molar-refractivity contribution in [2.24, 2.45) is 5.92 Å². The van der Waals surface area contributed by atoms with Gasteiger partial charge in [-0.1, -0.05) is 42.5 Å². The Kier molecular flexibility index (Phi) is 5.39. The van der Waals surface area contributed by atoms with Crippen LogP contribution < -0.4 is 5.32 Å². The summed E-state index contributed by atoms with van der Waals surface area (Å²) in [6.45, 7) is 0.630. The van der Waals surface area contributed by atoms with E-state index in [4.69, 9.17) is 0 Å². The topological polar surface area (TPSA) is 52.6 Å². The van der Waals surface area contributed by atoms with Crippen molar-refractivity contribution in [3.8, 4) is 5.75 Å². The Morgan fingerprint density at radius 1 is 1.16 bits per heavy atom. The Morgan fingerprint density at radius 3 is 2.48 bits per heavy atom. The Hall–Kier alpha value is -2.33. The molecule has 0 aliphatic heterocycles. The maximum Gasteiger partial charge on any atom is 0.223 e. The van der Waals surface area contributed by atoms with E-state index >= 15 is 0 Å². The molecule has 4 heteroatoms. The molecule has 3 atom stereocenters. The van der Waals surface area contributed by atoms with E-state index < -0.39 is 0 Å². The molecule has 2 N–H and O–H groups in total. The summed E-state index contributed by atoms with van der Waals surface area (Å²) < 4.78 is 0. The molecule has 0 radical (unpaired) electrons. The summed E-state index contributed by atoms with van der Waals surface area (Å²) in [7, 11) is 4.06. The van der Waals surface area contributed by atoms with Gasteiger partial charge in [-0.15, -0.1) is 0 Å². The molecule has 2 aromatic rings. The minimum absolute atomic E-state index is 0.110. The number of carbonyl (C=O) groups excluding carboxylic acids is 1. The van der Waals surface area contributed by atoms with Crippen LogP contribution in [0.2, 0.25) is 0 Å². The Balaban J connectivity index is 1.52. The number of likely N-dealkylation sites (N-methyl/N-ethyl adjacent to an activating group) is 1. The first-order valence-corrected chi connectivity index (χ1v) is 8.81. The van der Waals surface area contributed by atoms with Crippen LogP contribution in [0.4, 0.5) is 0 Å². The fraction of sp³-hybridized carbons (Fsp3) is 0.381. The van der Waals surface area contributed by atoms with E-state index in [-0.39, 0.29) is 23.6 Å². The van der Waals surface area contributed by atoms with Gasteiger partial charge in [-0.2, -0.15) is 0 Å². The number of benzene rings is 2. The van der Waals surface area contributed by atoms with Gasteiger partial charge in [0.2, 0.25) is 5.91 Å². The lowest BCUT2D eigenvalue weighted by atomic mass is 10.0. The summed E-state index contributed by atoms with van der Waals surface area (Å²) in [6, 6.07) is 17.8. The molecule has 0 aromatic heterocycles. The second-order valence-corrected chi connectivity index (χ2v) is 7.09. The first-order chi connectivity index (χ1) is 12.0. The van der Waals surface area contributed by atoms with Crippen molar-refractivity contribution in [1.29, 1.82) is 0 Å². The highest BCUT2D eigenvalue weighted by Crippen LogP contribution is 2.47. The minimum Gasteiger partial charge on any atom is -0.508 e. The van der Waals surface area contributed by atoms with E-state index in [1.807, 2.05) is 44.4 Å². The summed E-state index contributed by atoms with van der Waals surface area (Å²) in [6.07, 6.45) is 1.78. The van der Waals surface area contributed by atoms with Crippen LogP contribution in [0.3, 0.4) is 0 Å². The molecule has 1 saturated carbocycles. The Bertz CT molecular complexity index is 698. The molecule has 2 aromatic carbocycles. The van der Waals surface area contributed by atoms with Crippen LogP contribution >= 0.6 is 0 Å². The first-order valence-electron chi connectivity index (χ1n) is 8.81. The lowest BCUT2D eigenvalue weighted by Crippen LogP contribution is -2.42. The van der Waals surface area contributed by atoms with E-state index in [1.54, 1.807) is 12.1 Å². The van der Waals surface area contributed by atoms with Crippen LogP contribution in [-0.4, -0.2) is 42.6 Å². The van der Waals surface area contributed by atoms with Gasteiger partial charge in [-0.05, 0) is 56.1 Å². The van der Waals surface area contributed by atoms with Gasteiger partial charge in [-0.3, -0.25) is 4.79 Å². The third kappa shape index (κ3) is 4.60. The third-order valence-corrected chi connectivity index (χ3v) is 5.00. The molecule has 1 aliphatic carbocycles. The molecule has 1 amide bonds. The number of amides is 1. The van der Waals surface area contributed by atoms with Crippen LogP contribution in [0.15, 0.2) is 54.6 Å². The molecule has 25 heavy (non-hydrogen) atoms. The molecular weight excluding hydrogens is 312 g/mol. The lowest BCUT2D eigenvalue weighted by Gasteiger charge is -2.25.